The Labute approximate surface area is 104 Å². The first kappa shape index (κ1) is 12.5. The number of pyridine rings is 1. The predicted octanol–water partition coefficient (Wildman–Crippen LogP) is 2.02. The van der Waals surface area contributed by atoms with Crippen molar-refractivity contribution in [2.75, 3.05) is 13.1 Å². The van der Waals surface area contributed by atoms with Crippen molar-refractivity contribution < 1.29 is 0 Å². The van der Waals surface area contributed by atoms with Crippen LogP contribution in [0.5, 0.6) is 0 Å². The lowest BCUT2D eigenvalue weighted by Crippen LogP contribution is -2.21. The molecule has 2 heterocycles. The molecule has 1 aliphatic rings. The van der Waals surface area contributed by atoms with Crippen LogP contribution in [0.1, 0.15) is 31.5 Å². The summed E-state index contributed by atoms with van der Waals surface area (Å²) in [6.07, 6.45) is 3.21. The van der Waals surface area contributed by atoms with Crippen LogP contribution in [0.25, 0.3) is 0 Å². The van der Waals surface area contributed by atoms with Gasteiger partial charge in [0.25, 0.3) is 0 Å². The first-order valence-electron chi connectivity index (χ1n) is 6.55. The maximum absolute atomic E-state index is 5.61. The molecule has 0 aromatic carbocycles. The molecule has 1 aromatic rings. The van der Waals surface area contributed by atoms with E-state index in [4.69, 9.17) is 5.73 Å². The molecule has 17 heavy (non-hydrogen) atoms. The van der Waals surface area contributed by atoms with Gasteiger partial charge in [0, 0.05) is 25.8 Å². The smallest absolute Gasteiger partial charge is 0.0542 e. The average molecular weight is 233 g/mol. The van der Waals surface area contributed by atoms with Crippen molar-refractivity contribution in [3.8, 4) is 0 Å². The molecule has 0 amide bonds. The van der Waals surface area contributed by atoms with Gasteiger partial charge in [0.2, 0.25) is 0 Å². The second-order valence-corrected chi connectivity index (χ2v) is 5.39. The van der Waals surface area contributed by atoms with Crippen LogP contribution >= 0.6 is 0 Å². The highest BCUT2D eigenvalue weighted by Gasteiger charge is 2.24. The number of likely N-dealkylation sites (tertiary alicyclic amines) is 1. The fourth-order valence-electron chi connectivity index (χ4n) is 2.55. The van der Waals surface area contributed by atoms with E-state index in [1.165, 1.54) is 25.1 Å². The summed E-state index contributed by atoms with van der Waals surface area (Å²) in [7, 11) is 0. The summed E-state index contributed by atoms with van der Waals surface area (Å²) in [6, 6.07) is 4.23. The molecule has 0 radical (unpaired) electrons. The van der Waals surface area contributed by atoms with Gasteiger partial charge in [-0.2, -0.15) is 0 Å². The summed E-state index contributed by atoms with van der Waals surface area (Å²) in [5, 5.41) is 0. The number of aromatic nitrogens is 1. The summed E-state index contributed by atoms with van der Waals surface area (Å²) in [5.41, 5.74) is 7.94. The van der Waals surface area contributed by atoms with Gasteiger partial charge in [-0.15, -0.1) is 0 Å². The van der Waals surface area contributed by atoms with E-state index in [0.717, 1.165) is 24.1 Å². The second kappa shape index (κ2) is 5.61. The molecule has 1 unspecified atom stereocenters. The highest BCUT2D eigenvalue weighted by molar-refractivity contribution is 5.16. The van der Waals surface area contributed by atoms with E-state index < -0.39 is 0 Å². The highest BCUT2D eigenvalue weighted by atomic mass is 15.1. The van der Waals surface area contributed by atoms with Gasteiger partial charge in [-0.05, 0) is 42.5 Å². The molecule has 1 saturated heterocycles. The van der Waals surface area contributed by atoms with Crippen LogP contribution in [-0.4, -0.2) is 23.0 Å². The Morgan fingerprint density at radius 3 is 3.00 bits per heavy atom. The summed E-state index contributed by atoms with van der Waals surface area (Å²) < 4.78 is 0. The summed E-state index contributed by atoms with van der Waals surface area (Å²) in [6.45, 7) is 8.68. The number of nitrogens with zero attached hydrogens (tertiary/aromatic N) is 2. The number of hydrogen-bond donors (Lipinski definition) is 1. The van der Waals surface area contributed by atoms with Gasteiger partial charge in [0.1, 0.15) is 0 Å². The van der Waals surface area contributed by atoms with Gasteiger partial charge in [0.05, 0.1) is 5.69 Å². The molecule has 1 aliphatic heterocycles. The molecule has 1 aromatic heterocycles. The minimum absolute atomic E-state index is 0.530. The Hall–Kier alpha value is -0.930. The zero-order valence-corrected chi connectivity index (χ0v) is 10.9. The normalized spacial score (nSPS) is 21.3. The lowest BCUT2D eigenvalue weighted by atomic mass is 9.95. The number of rotatable bonds is 4. The lowest BCUT2D eigenvalue weighted by Gasteiger charge is -2.18. The van der Waals surface area contributed by atoms with Crippen molar-refractivity contribution in [3.63, 3.8) is 0 Å². The third-order valence-corrected chi connectivity index (χ3v) is 3.75. The van der Waals surface area contributed by atoms with E-state index in [9.17, 15) is 0 Å². The van der Waals surface area contributed by atoms with Crippen molar-refractivity contribution in [1.29, 1.82) is 0 Å². The van der Waals surface area contributed by atoms with Crippen LogP contribution in [0.4, 0.5) is 0 Å². The maximum atomic E-state index is 5.61. The molecule has 1 atom stereocenters. The van der Waals surface area contributed by atoms with Crippen LogP contribution in [0.2, 0.25) is 0 Å². The summed E-state index contributed by atoms with van der Waals surface area (Å²) in [5.74, 6) is 1.67. The van der Waals surface area contributed by atoms with Crippen molar-refractivity contribution >= 4 is 0 Å². The van der Waals surface area contributed by atoms with Crippen LogP contribution in [0.15, 0.2) is 18.3 Å². The van der Waals surface area contributed by atoms with E-state index >= 15 is 0 Å². The minimum Gasteiger partial charge on any atom is -0.325 e. The van der Waals surface area contributed by atoms with Crippen LogP contribution in [-0.2, 0) is 13.1 Å². The molecule has 0 aliphatic carbocycles. The minimum atomic E-state index is 0.530. The van der Waals surface area contributed by atoms with Crippen molar-refractivity contribution in [3.05, 3.63) is 29.6 Å². The van der Waals surface area contributed by atoms with Crippen LogP contribution in [0.3, 0.4) is 0 Å². The molecule has 2 rings (SSSR count). The molecule has 3 nitrogen and oxygen atoms in total. The Kier molecular flexibility index (Phi) is 4.13. The second-order valence-electron chi connectivity index (χ2n) is 5.39. The van der Waals surface area contributed by atoms with Crippen LogP contribution < -0.4 is 5.73 Å². The average Bonchev–Trinajstić information content (AvgIpc) is 2.78. The van der Waals surface area contributed by atoms with E-state index in [2.05, 4.69) is 35.9 Å². The standard InChI is InChI=1S/C14H23N3/c1-11(2)13-4-6-17(10-13)9-12-3-5-16-14(7-12)8-15/h3,5,7,11,13H,4,6,8-10,15H2,1-2H3. The topological polar surface area (TPSA) is 42.2 Å². The van der Waals surface area contributed by atoms with Gasteiger partial charge in [-0.25, -0.2) is 0 Å². The molecule has 0 saturated carbocycles. The predicted molar refractivity (Wildman–Crippen MR) is 70.4 cm³/mol. The zero-order chi connectivity index (χ0) is 12.3. The Bertz CT molecular complexity index is 362. The molecule has 0 spiro atoms. The third kappa shape index (κ3) is 3.27. The molecule has 0 bridgehead atoms. The van der Waals surface area contributed by atoms with E-state index in [0.29, 0.717) is 6.54 Å². The van der Waals surface area contributed by atoms with Crippen LogP contribution in [0, 0.1) is 11.8 Å². The SMILES string of the molecule is CC(C)C1CCN(Cc2ccnc(CN)c2)C1. The Balaban J connectivity index is 1.93. The molecule has 3 heteroatoms. The monoisotopic (exact) mass is 233 g/mol. The van der Waals surface area contributed by atoms with Gasteiger partial charge < -0.3 is 5.73 Å². The third-order valence-electron chi connectivity index (χ3n) is 3.75. The Morgan fingerprint density at radius 2 is 2.35 bits per heavy atom. The van der Waals surface area contributed by atoms with Crippen molar-refractivity contribution in [2.45, 2.75) is 33.4 Å². The number of hydrogen-bond acceptors (Lipinski definition) is 3. The summed E-state index contributed by atoms with van der Waals surface area (Å²) in [4.78, 5) is 6.77. The molecular formula is C14H23N3. The van der Waals surface area contributed by atoms with Gasteiger partial charge in [-0.1, -0.05) is 13.8 Å². The fourth-order valence-corrected chi connectivity index (χ4v) is 2.55. The van der Waals surface area contributed by atoms with E-state index in [1.807, 2.05) is 6.20 Å². The van der Waals surface area contributed by atoms with Crippen molar-refractivity contribution in [1.82, 2.24) is 9.88 Å². The molecule has 94 valence electrons. The largest absolute Gasteiger partial charge is 0.325 e. The molecule has 1 fully saturated rings. The highest BCUT2D eigenvalue weighted by Crippen LogP contribution is 2.24. The lowest BCUT2D eigenvalue weighted by molar-refractivity contribution is 0.296. The maximum Gasteiger partial charge on any atom is 0.0542 e. The van der Waals surface area contributed by atoms with Crippen molar-refractivity contribution in [2.24, 2.45) is 17.6 Å². The molecular weight excluding hydrogens is 210 g/mol. The zero-order valence-electron chi connectivity index (χ0n) is 10.9. The molecule has 2 N–H and O–H groups in total. The quantitative estimate of drug-likeness (QED) is 0.865. The van der Waals surface area contributed by atoms with Gasteiger partial charge >= 0.3 is 0 Å². The first-order valence-corrected chi connectivity index (χ1v) is 6.55. The number of nitrogens with two attached hydrogens (primary N) is 1. The van der Waals surface area contributed by atoms with Gasteiger partial charge in [0.15, 0.2) is 0 Å². The Morgan fingerprint density at radius 1 is 1.53 bits per heavy atom. The van der Waals surface area contributed by atoms with Gasteiger partial charge in [-0.3, -0.25) is 9.88 Å². The fraction of sp³-hybridized carbons (Fsp3) is 0.643. The van der Waals surface area contributed by atoms with E-state index in [1.54, 1.807) is 0 Å². The summed E-state index contributed by atoms with van der Waals surface area (Å²) >= 11 is 0. The first-order chi connectivity index (χ1) is 8.19. The van der Waals surface area contributed by atoms with E-state index in [-0.39, 0.29) is 0 Å².